The molecule has 0 radical (unpaired) electrons. The Bertz CT molecular complexity index is 1020. The number of rotatable bonds is 5. The molecule has 2 atom stereocenters. The van der Waals surface area contributed by atoms with Crippen molar-refractivity contribution in [3.8, 4) is 5.69 Å². The first-order chi connectivity index (χ1) is 13.0. The first-order valence-corrected chi connectivity index (χ1v) is 8.65. The topological polar surface area (TPSA) is 85.8 Å². The molecule has 138 valence electrons. The van der Waals surface area contributed by atoms with Gasteiger partial charge in [-0.05, 0) is 66.1 Å². The summed E-state index contributed by atoms with van der Waals surface area (Å²) in [6.07, 6.45) is 4.14. The number of furan rings is 1. The zero-order valence-electron chi connectivity index (χ0n) is 14.9. The van der Waals surface area contributed by atoms with Crippen molar-refractivity contribution in [2.24, 2.45) is 5.92 Å². The second-order valence-corrected chi connectivity index (χ2v) is 6.69. The Hall–Kier alpha value is -3.29. The number of aromatic nitrogens is 4. The third-order valence-electron chi connectivity index (χ3n) is 4.59. The molecule has 7 nitrogen and oxygen atoms in total. The number of nitrogens with one attached hydrogen (secondary N) is 1. The molecule has 1 fully saturated rings. The minimum atomic E-state index is -0.489. The molecule has 1 N–H and O–H groups in total. The van der Waals surface area contributed by atoms with Crippen molar-refractivity contribution < 1.29 is 13.6 Å². The van der Waals surface area contributed by atoms with Crippen LogP contribution in [0.15, 0.2) is 40.8 Å². The number of halogens is 1. The average Bonchev–Trinajstić information content (AvgIpc) is 3.03. The van der Waals surface area contributed by atoms with Gasteiger partial charge in [-0.3, -0.25) is 4.79 Å². The zero-order chi connectivity index (χ0) is 19.0. The second kappa shape index (κ2) is 6.79. The SMILES string of the molecule is Cc1nnnn1-c1cc(NC(=O)/C=C/c2ccc(C3CC3C)o2)ccc1F. The molecule has 1 amide bonds. The average molecular weight is 367 g/mol. The Balaban J connectivity index is 1.45. The van der Waals surface area contributed by atoms with Crippen molar-refractivity contribution in [1.29, 1.82) is 0 Å². The van der Waals surface area contributed by atoms with Crippen molar-refractivity contribution in [2.75, 3.05) is 5.32 Å². The predicted molar refractivity (Wildman–Crippen MR) is 96.7 cm³/mol. The largest absolute Gasteiger partial charge is 0.461 e. The number of hydrogen-bond acceptors (Lipinski definition) is 5. The molecule has 0 spiro atoms. The first kappa shape index (κ1) is 17.1. The highest BCUT2D eigenvalue weighted by molar-refractivity contribution is 6.01. The van der Waals surface area contributed by atoms with Gasteiger partial charge in [-0.25, -0.2) is 4.39 Å². The van der Waals surface area contributed by atoms with Crippen LogP contribution in [0.1, 0.15) is 36.6 Å². The molecule has 2 heterocycles. The molecule has 27 heavy (non-hydrogen) atoms. The quantitative estimate of drug-likeness (QED) is 0.698. The van der Waals surface area contributed by atoms with Crippen LogP contribution >= 0.6 is 0 Å². The van der Waals surface area contributed by atoms with Crippen LogP contribution in [0.2, 0.25) is 0 Å². The number of carbonyl (C=O) groups excluding carboxylic acids is 1. The lowest BCUT2D eigenvalue weighted by Gasteiger charge is -2.07. The Morgan fingerprint density at radius 3 is 2.89 bits per heavy atom. The summed E-state index contributed by atoms with van der Waals surface area (Å²) in [5.74, 6) is 2.35. The maximum atomic E-state index is 14.1. The van der Waals surface area contributed by atoms with E-state index in [4.69, 9.17) is 4.42 Å². The molecule has 1 aliphatic carbocycles. The number of anilines is 1. The monoisotopic (exact) mass is 367 g/mol. The second-order valence-electron chi connectivity index (χ2n) is 6.69. The summed E-state index contributed by atoms with van der Waals surface area (Å²) >= 11 is 0. The highest BCUT2D eigenvalue weighted by Gasteiger charge is 2.36. The molecule has 2 aromatic heterocycles. The van der Waals surface area contributed by atoms with Crippen LogP contribution in [0, 0.1) is 18.7 Å². The van der Waals surface area contributed by atoms with Gasteiger partial charge in [0.15, 0.2) is 5.82 Å². The Labute approximate surface area is 154 Å². The molecule has 0 aliphatic heterocycles. The molecule has 2 unspecified atom stereocenters. The number of nitrogens with zero attached hydrogens (tertiary/aromatic N) is 4. The van der Waals surface area contributed by atoms with Gasteiger partial charge in [0.1, 0.15) is 23.0 Å². The number of aryl methyl sites for hydroxylation is 1. The Morgan fingerprint density at radius 2 is 2.19 bits per heavy atom. The van der Waals surface area contributed by atoms with Gasteiger partial charge in [-0.15, -0.1) is 5.10 Å². The number of hydrogen-bond donors (Lipinski definition) is 1. The van der Waals surface area contributed by atoms with E-state index in [9.17, 15) is 9.18 Å². The normalized spacial score (nSPS) is 18.8. The summed E-state index contributed by atoms with van der Waals surface area (Å²) in [7, 11) is 0. The van der Waals surface area contributed by atoms with Crippen LogP contribution in [-0.2, 0) is 4.79 Å². The van der Waals surface area contributed by atoms with E-state index in [0.717, 1.165) is 12.2 Å². The fraction of sp³-hybridized carbons (Fsp3) is 0.263. The lowest BCUT2D eigenvalue weighted by atomic mass is 10.2. The molecule has 4 rings (SSSR count). The minimum absolute atomic E-state index is 0.161. The molecule has 0 saturated heterocycles. The van der Waals surface area contributed by atoms with Crippen molar-refractivity contribution in [1.82, 2.24) is 20.2 Å². The number of benzene rings is 1. The van der Waals surface area contributed by atoms with E-state index < -0.39 is 5.82 Å². The van der Waals surface area contributed by atoms with Crippen molar-refractivity contribution in [3.63, 3.8) is 0 Å². The smallest absolute Gasteiger partial charge is 0.248 e. The number of amides is 1. The van der Waals surface area contributed by atoms with E-state index in [2.05, 4.69) is 27.8 Å². The maximum Gasteiger partial charge on any atom is 0.248 e. The van der Waals surface area contributed by atoms with Gasteiger partial charge in [0.25, 0.3) is 0 Å². The van der Waals surface area contributed by atoms with Crippen LogP contribution in [-0.4, -0.2) is 26.1 Å². The summed E-state index contributed by atoms with van der Waals surface area (Å²) in [4.78, 5) is 12.2. The highest BCUT2D eigenvalue weighted by atomic mass is 19.1. The Kier molecular flexibility index (Phi) is 4.31. The van der Waals surface area contributed by atoms with E-state index in [0.29, 0.717) is 29.1 Å². The van der Waals surface area contributed by atoms with Gasteiger partial charge < -0.3 is 9.73 Å². The maximum absolute atomic E-state index is 14.1. The van der Waals surface area contributed by atoms with Crippen LogP contribution in [0.3, 0.4) is 0 Å². The third-order valence-corrected chi connectivity index (χ3v) is 4.59. The van der Waals surface area contributed by atoms with Gasteiger partial charge in [0.2, 0.25) is 5.91 Å². The van der Waals surface area contributed by atoms with Crippen LogP contribution in [0.4, 0.5) is 10.1 Å². The predicted octanol–water partition coefficient (Wildman–Crippen LogP) is 3.48. The van der Waals surface area contributed by atoms with Gasteiger partial charge in [0, 0.05) is 17.7 Å². The van der Waals surface area contributed by atoms with E-state index >= 15 is 0 Å². The zero-order valence-corrected chi connectivity index (χ0v) is 14.9. The summed E-state index contributed by atoms with van der Waals surface area (Å²) in [6, 6.07) is 8.01. The van der Waals surface area contributed by atoms with Gasteiger partial charge in [0.05, 0.1) is 0 Å². The van der Waals surface area contributed by atoms with E-state index in [1.807, 2.05) is 12.1 Å². The molecule has 0 bridgehead atoms. The first-order valence-electron chi connectivity index (χ1n) is 8.65. The summed E-state index contributed by atoms with van der Waals surface area (Å²) in [5, 5.41) is 13.7. The van der Waals surface area contributed by atoms with Gasteiger partial charge in [-0.1, -0.05) is 6.92 Å². The lowest BCUT2D eigenvalue weighted by Crippen LogP contribution is -2.09. The molecule has 3 aromatic rings. The summed E-state index contributed by atoms with van der Waals surface area (Å²) < 4.78 is 21.1. The van der Waals surface area contributed by atoms with Crippen molar-refractivity contribution >= 4 is 17.7 Å². The van der Waals surface area contributed by atoms with E-state index in [1.165, 1.54) is 29.0 Å². The molecular formula is C19H18FN5O2. The number of carbonyl (C=O) groups is 1. The molecule has 1 saturated carbocycles. The standard InChI is InChI=1S/C19H18FN5O2/c1-11-9-15(11)18-7-4-14(27-18)5-8-19(26)21-13-3-6-16(20)17(10-13)25-12(2)22-23-24-25/h3-8,10-11,15H,9H2,1-2H3,(H,21,26)/b8-5+. The van der Waals surface area contributed by atoms with E-state index in [-0.39, 0.29) is 11.6 Å². The van der Waals surface area contributed by atoms with Crippen LogP contribution < -0.4 is 5.32 Å². The molecule has 1 aliphatic rings. The Morgan fingerprint density at radius 1 is 1.37 bits per heavy atom. The highest BCUT2D eigenvalue weighted by Crippen LogP contribution is 2.47. The van der Waals surface area contributed by atoms with Crippen molar-refractivity contribution in [3.05, 3.63) is 59.6 Å². The summed E-state index contributed by atoms with van der Waals surface area (Å²) in [5.41, 5.74) is 0.594. The van der Waals surface area contributed by atoms with Crippen LogP contribution in [0.25, 0.3) is 11.8 Å². The minimum Gasteiger partial charge on any atom is -0.461 e. The number of tetrazole rings is 1. The fourth-order valence-corrected chi connectivity index (χ4v) is 2.92. The molecule has 1 aromatic carbocycles. The molecular weight excluding hydrogens is 349 g/mol. The summed E-state index contributed by atoms with van der Waals surface area (Å²) in [6.45, 7) is 3.84. The third kappa shape index (κ3) is 3.64. The van der Waals surface area contributed by atoms with Crippen LogP contribution in [0.5, 0.6) is 0 Å². The lowest BCUT2D eigenvalue weighted by molar-refractivity contribution is -0.111. The van der Waals surface area contributed by atoms with E-state index in [1.54, 1.807) is 13.0 Å². The van der Waals surface area contributed by atoms with Gasteiger partial charge in [-0.2, -0.15) is 4.68 Å². The van der Waals surface area contributed by atoms with Crippen molar-refractivity contribution in [2.45, 2.75) is 26.2 Å². The molecule has 8 heteroatoms. The fourth-order valence-electron chi connectivity index (χ4n) is 2.92. The van der Waals surface area contributed by atoms with Gasteiger partial charge >= 0.3 is 0 Å².